The van der Waals surface area contributed by atoms with Crippen molar-refractivity contribution in [3.05, 3.63) is 29.6 Å². The lowest BCUT2D eigenvalue weighted by atomic mass is 10.3. The minimum Gasteiger partial charge on any atom is -0.256 e. The summed E-state index contributed by atoms with van der Waals surface area (Å²) in [6, 6.07) is 6.39. The van der Waals surface area contributed by atoms with Gasteiger partial charge in [0.2, 0.25) is 0 Å². The van der Waals surface area contributed by atoms with Gasteiger partial charge in [-0.1, -0.05) is 47.6 Å². The van der Waals surface area contributed by atoms with Crippen molar-refractivity contribution in [3.8, 4) is 0 Å². The van der Waals surface area contributed by atoms with E-state index in [9.17, 15) is 0 Å². The van der Waals surface area contributed by atoms with Crippen molar-refractivity contribution in [3.63, 3.8) is 0 Å². The molecule has 0 aliphatic rings. The van der Waals surface area contributed by atoms with Crippen LogP contribution < -0.4 is 0 Å². The monoisotopic (exact) mass is 283 g/mol. The highest BCUT2D eigenvalue weighted by molar-refractivity contribution is 8.00. The molecule has 1 aromatic rings. The Hall–Kier alpha value is -0.150. The molecule has 0 saturated carbocycles. The first kappa shape index (κ1) is 15.9. The molecule has 0 spiro atoms. The summed E-state index contributed by atoms with van der Waals surface area (Å²) in [6.45, 7) is 13.5. The first-order chi connectivity index (χ1) is 8.16. The van der Waals surface area contributed by atoms with Crippen LogP contribution in [-0.4, -0.2) is 14.5 Å². The van der Waals surface area contributed by atoms with E-state index in [-0.39, 0.29) is 0 Å². The molecule has 1 heterocycles. The maximum absolute atomic E-state index is 4.74. The van der Waals surface area contributed by atoms with Crippen LogP contribution in [0.3, 0.4) is 0 Å². The molecule has 0 radical (unpaired) electrons. The molecule has 1 aromatic heterocycles. The molecule has 1 nitrogen and oxygen atoms in total. The molecule has 18 heavy (non-hydrogen) atoms. The fraction of sp³-hybridized carbons (Fsp3) is 0.667. The lowest BCUT2D eigenvalue weighted by molar-refractivity contribution is 0.800. The van der Waals surface area contributed by atoms with Crippen molar-refractivity contribution >= 4 is 23.5 Å². The third-order valence-electron chi connectivity index (χ3n) is 2.17. The predicted octanol–water partition coefficient (Wildman–Crippen LogP) is 5.15. The molecule has 0 bridgehead atoms. The molecule has 0 aliphatic heterocycles. The van der Waals surface area contributed by atoms with Gasteiger partial charge < -0.3 is 0 Å². The normalized spacial score (nSPS) is 12.8. The number of hydrogen-bond donors (Lipinski definition) is 0. The summed E-state index contributed by atoms with van der Waals surface area (Å²) >= 11 is 3.90. The number of pyridine rings is 1. The van der Waals surface area contributed by atoms with Gasteiger partial charge >= 0.3 is 0 Å². The largest absolute Gasteiger partial charge is 0.256 e. The van der Waals surface area contributed by atoms with E-state index < -0.39 is 0 Å². The molecule has 0 N–H and O–H groups in total. The number of rotatable bonds is 4. The third-order valence-corrected chi connectivity index (χ3v) is 4.78. The van der Waals surface area contributed by atoms with Crippen LogP contribution in [-0.2, 0) is 11.5 Å². The Morgan fingerprint density at radius 3 is 1.56 bits per heavy atom. The number of nitrogens with zero attached hydrogens (tertiary/aromatic N) is 1. The Balaban J connectivity index is 2.57. The van der Waals surface area contributed by atoms with E-state index in [1.807, 2.05) is 23.5 Å². The summed E-state index contributed by atoms with van der Waals surface area (Å²) in [7, 11) is 0. The standard InChI is InChI=1S/C15H25NS2/c1-14(2,3)17-10-12-8-7-9-13(16-12)11-18-15(4,5)6/h7-9H,10-11H2,1-6H3. The Bertz CT molecular complexity index is 342. The Morgan fingerprint density at radius 1 is 0.833 bits per heavy atom. The second kappa shape index (κ2) is 6.33. The SMILES string of the molecule is CC(C)(C)SCc1cccc(CSC(C)(C)C)n1. The minimum atomic E-state index is 0.303. The lowest BCUT2D eigenvalue weighted by Crippen LogP contribution is -2.09. The zero-order valence-electron chi connectivity index (χ0n) is 12.4. The van der Waals surface area contributed by atoms with E-state index in [1.54, 1.807) is 0 Å². The second-order valence-corrected chi connectivity index (χ2v) is 10.0. The number of thioether (sulfide) groups is 2. The van der Waals surface area contributed by atoms with Crippen molar-refractivity contribution in [1.29, 1.82) is 0 Å². The van der Waals surface area contributed by atoms with Gasteiger partial charge in [-0.2, -0.15) is 0 Å². The molecule has 0 fully saturated rings. The predicted molar refractivity (Wildman–Crippen MR) is 86.3 cm³/mol. The van der Waals surface area contributed by atoms with Crippen LogP contribution in [0, 0.1) is 0 Å². The van der Waals surface area contributed by atoms with Gasteiger partial charge in [-0.3, -0.25) is 4.98 Å². The first-order valence-electron chi connectivity index (χ1n) is 6.38. The van der Waals surface area contributed by atoms with Crippen molar-refractivity contribution in [1.82, 2.24) is 4.98 Å². The third kappa shape index (κ3) is 7.32. The van der Waals surface area contributed by atoms with E-state index >= 15 is 0 Å². The summed E-state index contributed by atoms with van der Waals surface area (Å²) in [4.78, 5) is 4.74. The van der Waals surface area contributed by atoms with Crippen molar-refractivity contribution < 1.29 is 0 Å². The van der Waals surface area contributed by atoms with Crippen molar-refractivity contribution in [2.24, 2.45) is 0 Å². The summed E-state index contributed by atoms with van der Waals surface area (Å²) < 4.78 is 0.607. The maximum Gasteiger partial charge on any atom is 0.0506 e. The minimum absolute atomic E-state index is 0.303. The van der Waals surface area contributed by atoms with Crippen molar-refractivity contribution in [2.75, 3.05) is 0 Å². The molecule has 0 atom stereocenters. The fourth-order valence-corrected chi connectivity index (χ4v) is 2.75. The average molecular weight is 284 g/mol. The van der Waals surface area contributed by atoms with Crippen LogP contribution in [0.1, 0.15) is 52.9 Å². The molecule has 1 rings (SSSR count). The van der Waals surface area contributed by atoms with Gasteiger partial charge in [-0.05, 0) is 12.1 Å². The van der Waals surface area contributed by atoms with Crippen molar-refractivity contribution in [2.45, 2.75) is 62.5 Å². The van der Waals surface area contributed by atoms with Gasteiger partial charge in [-0.25, -0.2) is 0 Å². The van der Waals surface area contributed by atoms with Gasteiger partial charge in [0.05, 0.1) is 11.4 Å². The Labute approximate surface area is 121 Å². The second-order valence-electron chi connectivity index (χ2n) is 6.42. The van der Waals surface area contributed by atoms with Gasteiger partial charge in [-0.15, -0.1) is 23.5 Å². The quantitative estimate of drug-likeness (QED) is 0.759. The van der Waals surface area contributed by atoms with Crippen LogP contribution in [0.5, 0.6) is 0 Å². The molecule has 0 aromatic carbocycles. The summed E-state index contributed by atoms with van der Waals surface area (Å²) in [5.74, 6) is 2.00. The highest BCUT2D eigenvalue weighted by atomic mass is 32.2. The molecule has 102 valence electrons. The molecule has 0 aliphatic carbocycles. The van der Waals surface area contributed by atoms with E-state index in [4.69, 9.17) is 4.98 Å². The Kier molecular flexibility index (Phi) is 5.60. The molecular formula is C15H25NS2. The molecule has 3 heteroatoms. The van der Waals surface area contributed by atoms with E-state index in [2.05, 4.69) is 59.7 Å². The van der Waals surface area contributed by atoms with E-state index in [0.717, 1.165) is 11.5 Å². The van der Waals surface area contributed by atoms with Gasteiger partial charge in [0.15, 0.2) is 0 Å². The topological polar surface area (TPSA) is 12.9 Å². The molecular weight excluding hydrogens is 258 g/mol. The molecule has 0 saturated heterocycles. The molecule has 0 unspecified atom stereocenters. The fourth-order valence-electron chi connectivity index (χ4n) is 1.27. The van der Waals surface area contributed by atoms with Crippen LogP contribution in [0.2, 0.25) is 0 Å². The van der Waals surface area contributed by atoms with Gasteiger partial charge in [0.1, 0.15) is 0 Å². The van der Waals surface area contributed by atoms with Crippen LogP contribution in [0.4, 0.5) is 0 Å². The van der Waals surface area contributed by atoms with Crippen LogP contribution in [0.25, 0.3) is 0 Å². The average Bonchev–Trinajstić information content (AvgIpc) is 2.22. The van der Waals surface area contributed by atoms with E-state index in [1.165, 1.54) is 11.4 Å². The smallest absolute Gasteiger partial charge is 0.0506 e. The highest BCUT2D eigenvalue weighted by Gasteiger charge is 2.13. The number of hydrogen-bond acceptors (Lipinski definition) is 3. The molecule has 0 amide bonds. The zero-order chi connectivity index (χ0) is 13.8. The van der Waals surface area contributed by atoms with E-state index in [0.29, 0.717) is 9.49 Å². The highest BCUT2D eigenvalue weighted by Crippen LogP contribution is 2.28. The number of aromatic nitrogens is 1. The van der Waals surface area contributed by atoms with Gasteiger partial charge in [0.25, 0.3) is 0 Å². The maximum atomic E-state index is 4.74. The Morgan fingerprint density at radius 2 is 1.22 bits per heavy atom. The summed E-state index contributed by atoms with van der Waals surface area (Å²) in [5.41, 5.74) is 2.39. The van der Waals surface area contributed by atoms with Crippen LogP contribution >= 0.6 is 23.5 Å². The summed E-state index contributed by atoms with van der Waals surface area (Å²) in [5, 5.41) is 0. The zero-order valence-corrected chi connectivity index (χ0v) is 14.0. The summed E-state index contributed by atoms with van der Waals surface area (Å²) in [6.07, 6.45) is 0. The lowest BCUT2D eigenvalue weighted by Gasteiger charge is -2.18. The van der Waals surface area contributed by atoms with Crippen LogP contribution in [0.15, 0.2) is 18.2 Å². The first-order valence-corrected chi connectivity index (χ1v) is 8.36. The van der Waals surface area contributed by atoms with Gasteiger partial charge in [0, 0.05) is 21.0 Å².